The normalized spacial score (nSPS) is 15.6. The number of piperazine rings is 1. The van der Waals surface area contributed by atoms with E-state index in [-0.39, 0.29) is 23.2 Å². The van der Waals surface area contributed by atoms with Gasteiger partial charge in [0, 0.05) is 69.3 Å². The third-order valence-electron chi connectivity index (χ3n) is 5.34. The van der Waals surface area contributed by atoms with Gasteiger partial charge >= 0.3 is 0 Å². The molecule has 3 rings (SSSR count). The van der Waals surface area contributed by atoms with Crippen LogP contribution in [0.2, 0.25) is 0 Å². The molecule has 0 aliphatic carbocycles. The van der Waals surface area contributed by atoms with Crippen LogP contribution >= 0.6 is 0 Å². The zero-order valence-corrected chi connectivity index (χ0v) is 16.8. The molecule has 1 aliphatic rings. The van der Waals surface area contributed by atoms with Gasteiger partial charge in [-0.3, -0.25) is 19.8 Å². The second kappa shape index (κ2) is 9.38. The zero-order valence-electron chi connectivity index (χ0n) is 16.8. The summed E-state index contributed by atoms with van der Waals surface area (Å²) < 4.78 is 0. The van der Waals surface area contributed by atoms with Crippen LogP contribution in [-0.4, -0.2) is 61.5 Å². The summed E-state index contributed by atoms with van der Waals surface area (Å²) in [5.74, 6) is -0.312. The Labute approximate surface area is 170 Å². The van der Waals surface area contributed by atoms with Gasteiger partial charge in [-0.25, -0.2) is 0 Å². The van der Waals surface area contributed by atoms with Crippen molar-refractivity contribution in [3.05, 3.63) is 64.2 Å². The van der Waals surface area contributed by atoms with E-state index in [2.05, 4.69) is 39.5 Å². The summed E-state index contributed by atoms with van der Waals surface area (Å²) in [4.78, 5) is 27.9. The molecule has 2 aromatic rings. The largest absolute Gasteiger partial charge is 0.387 e. The van der Waals surface area contributed by atoms with E-state index in [9.17, 15) is 14.9 Å². The lowest BCUT2D eigenvalue weighted by molar-refractivity contribution is -0.384. The highest BCUT2D eigenvalue weighted by atomic mass is 16.6. The van der Waals surface area contributed by atoms with Crippen LogP contribution in [0.1, 0.15) is 17.3 Å². The highest BCUT2D eigenvalue weighted by Gasteiger charge is 2.22. The fraction of sp³-hybridized carbons (Fsp3) is 0.381. The number of nitro benzene ring substituents is 1. The predicted octanol–water partition coefficient (Wildman–Crippen LogP) is 2.58. The Balaban J connectivity index is 1.54. The van der Waals surface area contributed by atoms with Crippen molar-refractivity contribution in [1.29, 1.82) is 0 Å². The van der Waals surface area contributed by atoms with Crippen LogP contribution in [0.5, 0.6) is 0 Å². The number of carbonyl (C=O) groups excluding carboxylic acids is 1. The summed E-state index contributed by atoms with van der Waals surface area (Å²) in [6.07, 6.45) is 0. The molecule has 2 aromatic carbocycles. The highest BCUT2D eigenvalue weighted by molar-refractivity contribution is 6.00. The van der Waals surface area contributed by atoms with Crippen molar-refractivity contribution in [1.82, 2.24) is 10.2 Å². The van der Waals surface area contributed by atoms with E-state index < -0.39 is 4.92 Å². The van der Waals surface area contributed by atoms with E-state index in [4.69, 9.17) is 0 Å². The molecule has 154 valence electrons. The third-order valence-corrected chi connectivity index (χ3v) is 5.34. The van der Waals surface area contributed by atoms with Gasteiger partial charge in [-0.2, -0.15) is 0 Å². The van der Waals surface area contributed by atoms with Gasteiger partial charge in [-0.1, -0.05) is 18.2 Å². The Morgan fingerprint density at radius 1 is 1.14 bits per heavy atom. The average Bonchev–Trinajstić information content (AvgIpc) is 2.77. The number of anilines is 2. The molecule has 0 saturated carbocycles. The van der Waals surface area contributed by atoms with Crippen LogP contribution in [-0.2, 0) is 0 Å². The van der Waals surface area contributed by atoms with Gasteiger partial charge in [0.05, 0.1) is 10.5 Å². The molecule has 0 radical (unpaired) electrons. The number of nitrogens with zero attached hydrogens (tertiary/aromatic N) is 3. The second-order valence-corrected chi connectivity index (χ2v) is 7.15. The van der Waals surface area contributed by atoms with Gasteiger partial charge in [-0.05, 0) is 25.1 Å². The Hall–Kier alpha value is -3.13. The fourth-order valence-corrected chi connectivity index (χ4v) is 3.58. The van der Waals surface area contributed by atoms with E-state index in [1.54, 1.807) is 13.1 Å². The minimum absolute atomic E-state index is 0.0979. The van der Waals surface area contributed by atoms with Crippen molar-refractivity contribution < 1.29 is 9.72 Å². The third kappa shape index (κ3) is 5.03. The van der Waals surface area contributed by atoms with Crippen molar-refractivity contribution in [2.45, 2.75) is 13.0 Å². The monoisotopic (exact) mass is 397 g/mol. The van der Waals surface area contributed by atoms with Crippen LogP contribution in [0.4, 0.5) is 17.1 Å². The van der Waals surface area contributed by atoms with Crippen molar-refractivity contribution in [2.24, 2.45) is 0 Å². The summed E-state index contributed by atoms with van der Waals surface area (Å²) in [7, 11) is 1.69. The number of hydrogen-bond donors (Lipinski definition) is 2. The number of rotatable bonds is 7. The number of nitro groups is 1. The number of amides is 1. The fourth-order valence-electron chi connectivity index (χ4n) is 3.58. The van der Waals surface area contributed by atoms with Crippen LogP contribution in [0, 0.1) is 10.1 Å². The van der Waals surface area contributed by atoms with E-state index in [1.165, 1.54) is 17.8 Å². The maximum Gasteiger partial charge on any atom is 0.270 e. The predicted molar refractivity (Wildman–Crippen MR) is 115 cm³/mol. The number of non-ortho nitro benzene ring substituents is 1. The maximum absolute atomic E-state index is 12.6. The highest BCUT2D eigenvalue weighted by Crippen LogP contribution is 2.22. The molecular formula is C21H27N5O3. The van der Waals surface area contributed by atoms with Gasteiger partial charge in [-0.15, -0.1) is 0 Å². The molecule has 29 heavy (non-hydrogen) atoms. The summed E-state index contributed by atoms with van der Waals surface area (Å²) >= 11 is 0. The number of para-hydroxylation sites is 1. The van der Waals surface area contributed by atoms with Crippen molar-refractivity contribution >= 4 is 23.0 Å². The first-order chi connectivity index (χ1) is 14.0. The molecule has 1 heterocycles. The van der Waals surface area contributed by atoms with Crippen molar-refractivity contribution in [3.63, 3.8) is 0 Å². The van der Waals surface area contributed by atoms with Crippen molar-refractivity contribution in [3.8, 4) is 0 Å². The van der Waals surface area contributed by atoms with Crippen molar-refractivity contribution in [2.75, 3.05) is 50.0 Å². The Kier molecular flexibility index (Phi) is 6.66. The topological polar surface area (TPSA) is 90.8 Å². The quantitative estimate of drug-likeness (QED) is 0.551. The molecule has 8 nitrogen and oxygen atoms in total. The van der Waals surface area contributed by atoms with Gasteiger partial charge in [0.2, 0.25) is 0 Å². The number of benzene rings is 2. The molecule has 1 amide bonds. The molecule has 0 spiro atoms. The van der Waals surface area contributed by atoms with E-state index in [1.807, 2.05) is 18.2 Å². The molecular weight excluding hydrogens is 370 g/mol. The van der Waals surface area contributed by atoms with Crippen LogP contribution < -0.4 is 15.5 Å². The molecule has 8 heteroatoms. The smallest absolute Gasteiger partial charge is 0.270 e. The lowest BCUT2D eigenvalue weighted by Crippen LogP contribution is -2.52. The standard InChI is InChI=1S/C21H27N5O3/c1-16(24-10-12-25(13-11-24)17-6-4-3-5-7-17)15-23-21(27)19-14-18(26(28)29)8-9-20(19)22-2/h3-9,14,16,22H,10-13,15H2,1-2H3,(H,23,27). The summed E-state index contributed by atoms with van der Waals surface area (Å²) in [6.45, 7) is 6.30. The Bertz CT molecular complexity index is 851. The Morgan fingerprint density at radius 2 is 1.83 bits per heavy atom. The molecule has 1 unspecified atom stereocenters. The average molecular weight is 397 g/mol. The van der Waals surface area contributed by atoms with E-state index in [0.29, 0.717) is 12.2 Å². The molecule has 1 atom stereocenters. The first kappa shape index (κ1) is 20.6. The summed E-state index contributed by atoms with van der Waals surface area (Å²) in [5.41, 5.74) is 1.98. The number of hydrogen-bond acceptors (Lipinski definition) is 6. The van der Waals surface area contributed by atoms with E-state index >= 15 is 0 Å². The Morgan fingerprint density at radius 3 is 2.45 bits per heavy atom. The van der Waals surface area contributed by atoms with Crippen LogP contribution in [0.25, 0.3) is 0 Å². The number of carbonyl (C=O) groups is 1. The molecule has 1 aliphatic heterocycles. The summed E-state index contributed by atoms with van der Waals surface area (Å²) in [5, 5.41) is 16.9. The molecule has 1 saturated heterocycles. The van der Waals surface area contributed by atoms with Crippen LogP contribution in [0.3, 0.4) is 0 Å². The van der Waals surface area contributed by atoms with Gasteiger partial charge in [0.25, 0.3) is 11.6 Å². The lowest BCUT2D eigenvalue weighted by atomic mass is 10.1. The molecule has 1 fully saturated rings. The van der Waals surface area contributed by atoms with Gasteiger partial charge in [0.1, 0.15) is 0 Å². The lowest BCUT2D eigenvalue weighted by Gasteiger charge is -2.39. The zero-order chi connectivity index (χ0) is 20.8. The second-order valence-electron chi connectivity index (χ2n) is 7.15. The summed E-state index contributed by atoms with van der Waals surface area (Å²) in [6, 6.07) is 14.8. The molecule has 0 aromatic heterocycles. The van der Waals surface area contributed by atoms with Crippen LogP contribution in [0.15, 0.2) is 48.5 Å². The van der Waals surface area contributed by atoms with E-state index in [0.717, 1.165) is 26.2 Å². The maximum atomic E-state index is 12.6. The SMILES string of the molecule is CNc1ccc([N+](=O)[O-])cc1C(=O)NCC(C)N1CCN(c2ccccc2)CC1. The minimum Gasteiger partial charge on any atom is -0.387 e. The first-order valence-corrected chi connectivity index (χ1v) is 9.78. The molecule has 0 bridgehead atoms. The molecule has 2 N–H and O–H groups in total. The first-order valence-electron chi connectivity index (χ1n) is 9.78. The van der Waals surface area contributed by atoms with Gasteiger partial charge in [0.15, 0.2) is 0 Å². The number of nitrogens with one attached hydrogen (secondary N) is 2. The minimum atomic E-state index is -0.495. The van der Waals surface area contributed by atoms with Gasteiger partial charge < -0.3 is 15.5 Å².